The molecule has 0 amide bonds. The van der Waals surface area contributed by atoms with Crippen molar-refractivity contribution in [3.8, 4) is 61.8 Å². The van der Waals surface area contributed by atoms with Crippen molar-refractivity contribution < 1.29 is 0 Å². The molecule has 0 radical (unpaired) electrons. The van der Waals surface area contributed by atoms with Crippen LogP contribution in [0.5, 0.6) is 0 Å². The molecule has 0 bridgehead atoms. The fourth-order valence-electron chi connectivity index (χ4n) is 10.0. The summed E-state index contributed by atoms with van der Waals surface area (Å²) < 4.78 is 7.06. The van der Waals surface area contributed by atoms with Crippen LogP contribution in [-0.4, -0.2) is 18.7 Å². The smallest absolute Gasteiger partial charge is 0.145 e. The number of imidazole rings is 1. The lowest BCUT2D eigenvalue weighted by molar-refractivity contribution is 1.10. The number of rotatable bonds is 7. The van der Waals surface area contributed by atoms with Gasteiger partial charge in [0, 0.05) is 44.2 Å². The first-order chi connectivity index (χ1) is 32.2. The topological polar surface area (TPSA) is 27.7 Å². The molecule has 65 heavy (non-hydrogen) atoms. The van der Waals surface area contributed by atoms with E-state index in [0.29, 0.717) is 0 Å². The van der Waals surface area contributed by atoms with Gasteiger partial charge < -0.3 is 9.13 Å². The summed E-state index contributed by atoms with van der Waals surface area (Å²) in [6.45, 7) is 0. The highest BCUT2D eigenvalue weighted by Gasteiger charge is 2.18. The van der Waals surface area contributed by atoms with E-state index < -0.39 is 0 Å². The van der Waals surface area contributed by atoms with E-state index in [-0.39, 0.29) is 0 Å². The summed E-state index contributed by atoms with van der Waals surface area (Å²) in [6, 6.07) is 87.8. The highest BCUT2D eigenvalue weighted by atomic mass is 15.1. The van der Waals surface area contributed by atoms with Gasteiger partial charge in [-0.3, -0.25) is 4.57 Å². The van der Waals surface area contributed by atoms with Crippen LogP contribution in [0.15, 0.2) is 243 Å². The third-order valence-electron chi connectivity index (χ3n) is 13.0. The predicted octanol–water partition coefficient (Wildman–Crippen LogP) is 15.9. The van der Waals surface area contributed by atoms with Crippen molar-refractivity contribution in [3.63, 3.8) is 0 Å². The predicted molar refractivity (Wildman–Crippen MR) is 271 cm³/mol. The van der Waals surface area contributed by atoms with E-state index in [4.69, 9.17) is 4.98 Å². The molecule has 4 heteroatoms. The average Bonchev–Trinajstić information content (AvgIpc) is 4.05. The van der Waals surface area contributed by atoms with E-state index in [1.54, 1.807) is 0 Å². The number of hydrogen-bond acceptors (Lipinski definition) is 1. The van der Waals surface area contributed by atoms with Gasteiger partial charge in [-0.1, -0.05) is 140 Å². The second-order valence-electron chi connectivity index (χ2n) is 16.8. The van der Waals surface area contributed by atoms with Crippen LogP contribution in [0.4, 0.5) is 0 Å². The van der Waals surface area contributed by atoms with Gasteiger partial charge in [0.25, 0.3) is 0 Å². The van der Waals surface area contributed by atoms with Crippen molar-refractivity contribution in [2.75, 3.05) is 0 Å². The van der Waals surface area contributed by atoms with Crippen LogP contribution in [0.3, 0.4) is 0 Å². The van der Waals surface area contributed by atoms with Crippen LogP contribution in [0, 0.1) is 0 Å². The zero-order chi connectivity index (χ0) is 42.8. The van der Waals surface area contributed by atoms with Crippen molar-refractivity contribution in [1.29, 1.82) is 0 Å². The van der Waals surface area contributed by atoms with Crippen LogP contribution >= 0.6 is 0 Å². The van der Waals surface area contributed by atoms with Crippen LogP contribution in [0.25, 0.3) is 116 Å². The maximum absolute atomic E-state index is 5.16. The number of aromatic nitrogens is 4. The van der Waals surface area contributed by atoms with Crippen molar-refractivity contribution in [1.82, 2.24) is 18.7 Å². The van der Waals surface area contributed by atoms with E-state index >= 15 is 0 Å². The van der Waals surface area contributed by atoms with Crippen molar-refractivity contribution in [2.24, 2.45) is 0 Å². The summed E-state index contributed by atoms with van der Waals surface area (Å²) in [7, 11) is 0. The summed E-state index contributed by atoms with van der Waals surface area (Å²) in [4.78, 5) is 5.16. The Balaban J connectivity index is 1.03. The van der Waals surface area contributed by atoms with E-state index in [2.05, 4.69) is 256 Å². The molecule has 0 saturated carbocycles. The molecular formula is C61H40N4. The van der Waals surface area contributed by atoms with E-state index in [1.165, 1.54) is 54.7 Å². The highest BCUT2D eigenvalue weighted by Crippen LogP contribution is 2.41. The quantitative estimate of drug-likeness (QED) is 0.157. The minimum absolute atomic E-state index is 0.921. The number of para-hydroxylation sites is 6. The molecule has 304 valence electrons. The van der Waals surface area contributed by atoms with E-state index in [1.807, 2.05) is 0 Å². The van der Waals surface area contributed by atoms with Gasteiger partial charge in [0.15, 0.2) is 0 Å². The van der Waals surface area contributed by atoms with Crippen molar-refractivity contribution in [2.45, 2.75) is 0 Å². The fourth-order valence-corrected chi connectivity index (χ4v) is 10.0. The Labute approximate surface area is 376 Å². The maximum atomic E-state index is 5.16. The average molecular weight is 829 g/mol. The van der Waals surface area contributed by atoms with Crippen molar-refractivity contribution in [3.05, 3.63) is 243 Å². The minimum Gasteiger partial charge on any atom is -0.309 e. The maximum Gasteiger partial charge on any atom is 0.145 e. The summed E-state index contributed by atoms with van der Waals surface area (Å²) in [6.07, 6.45) is 0. The fraction of sp³-hybridized carbons (Fsp3) is 0. The molecule has 0 aliphatic carbocycles. The van der Waals surface area contributed by atoms with E-state index in [0.717, 1.165) is 61.7 Å². The Morgan fingerprint density at radius 2 is 0.646 bits per heavy atom. The summed E-state index contributed by atoms with van der Waals surface area (Å²) >= 11 is 0. The zero-order valence-corrected chi connectivity index (χ0v) is 35.4. The molecule has 13 rings (SSSR count). The first-order valence-corrected chi connectivity index (χ1v) is 22.2. The number of nitrogens with zero attached hydrogens (tertiary/aromatic N) is 4. The van der Waals surface area contributed by atoms with Crippen LogP contribution < -0.4 is 0 Å². The number of hydrogen-bond donors (Lipinski definition) is 0. The van der Waals surface area contributed by atoms with Gasteiger partial charge in [-0.05, 0) is 137 Å². The molecule has 0 N–H and O–H groups in total. The Hall–Kier alpha value is -8.73. The first-order valence-electron chi connectivity index (χ1n) is 22.2. The molecule has 0 unspecified atom stereocenters. The molecule has 0 fully saturated rings. The van der Waals surface area contributed by atoms with Gasteiger partial charge in [0.2, 0.25) is 0 Å². The van der Waals surface area contributed by atoms with Gasteiger partial charge in [-0.25, -0.2) is 4.98 Å². The Morgan fingerprint density at radius 1 is 0.231 bits per heavy atom. The standard InChI is InChI=1S/C61H40N4/c1-4-17-41(18-5-1)61-62-55-27-12-15-30-60(55)65(61)50-24-16-19-42(38-50)45-35-46(43-31-33-58-53(39-43)51-25-10-13-28-56(51)63(58)48-20-6-2-7-21-48)37-47(36-45)44-32-34-59-54(40-44)52-26-11-14-29-57(52)64(59)49-22-8-3-9-23-49/h1-40H. The lowest BCUT2D eigenvalue weighted by atomic mass is 9.92. The van der Waals surface area contributed by atoms with E-state index in [9.17, 15) is 0 Å². The molecule has 4 nitrogen and oxygen atoms in total. The van der Waals surface area contributed by atoms with Gasteiger partial charge in [0.05, 0.1) is 33.1 Å². The molecule has 3 heterocycles. The Kier molecular flexibility index (Phi) is 8.50. The van der Waals surface area contributed by atoms with Gasteiger partial charge in [-0.15, -0.1) is 0 Å². The molecule has 0 aliphatic heterocycles. The molecule has 3 aromatic heterocycles. The van der Waals surface area contributed by atoms with Crippen LogP contribution in [0.2, 0.25) is 0 Å². The summed E-state index contributed by atoms with van der Waals surface area (Å²) in [5.41, 5.74) is 18.2. The molecule has 0 aliphatic rings. The SMILES string of the molecule is c1ccc(-c2nc3ccccc3n2-c2cccc(-c3cc(-c4ccc5c(c4)c4ccccc4n5-c4ccccc4)cc(-c4ccc5c(c4)c4ccccc4n5-c4ccccc4)c3)c2)cc1. The normalized spacial score (nSPS) is 11.7. The molecule has 0 saturated heterocycles. The van der Waals surface area contributed by atoms with Gasteiger partial charge in [0.1, 0.15) is 5.82 Å². The lowest BCUT2D eigenvalue weighted by Gasteiger charge is -2.15. The molecule has 13 aromatic rings. The Bertz CT molecular complexity index is 3750. The molecule has 0 atom stereocenters. The van der Waals surface area contributed by atoms with Crippen LogP contribution in [0.1, 0.15) is 0 Å². The second kappa shape index (κ2) is 15.0. The summed E-state index contributed by atoms with van der Waals surface area (Å²) in [5.74, 6) is 0.921. The van der Waals surface area contributed by atoms with Gasteiger partial charge >= 0.3 is 0 Å². The minimum atomic E-state index is 0.921. The first kappa shape index (κ1) is 36.9. The third-order valence-corrected chi connectivity index (χ3v) is 13.0. The molecule has 0 spiro atoms. The summed E-state index contributed by atoms with van der Waals surface area (Å²) in [5, 5.41) is 4.93. The number of benzene rings is 10. The second-order valence-corrected chi connectivity index (χ2v) is 16.8. The van der Waals surface area contributed by atoms with Gasteiger partial charge in [-0.2, -0.15) is 0 Å². The van der Waals surface area contributed by atoms with Crippen LogP contribution in [-0.2, 0) is 0 Å². The Morgan fingerprint density at radius 3 is 1.20 bits per heavy atom. The largest absolute Gasteiger partial charge is 0.309 e. The lowest BCUT2D eigenvalue weighted by Crippen LogP contribution is -1.98. The highest BCUT2D eigenvalue weighted by molar-refractivity contribution is 6.12. The van der Waals surface area contributed by atoms with Crippen molar-refractivity contribution >= 4 is 54.6 Å². The third kappa shape index (κ3) is 6.11. The monoisotopic (exact) mass is 828 g/mol. The molecule has 10 aromatic carbocycles. The number of fused-ring (bicyclic) bond motifs is 7. The zero-order valence-electron chi connectivity index (χ0n) is 35.4. The molecular weight excluding hydrogens is 789 g/mol.